The van der Waals surface area contributed by atoms with Gasteiger partial charge in [-0.05, 0) is 72.0 Å². The quantitative estimate of drug-likeness (QED) is 0.654. The van der Waals surface area contributed by atoms with E-state index in [0.717, 1.165) is 48.5 Å². The molecule has 1 atom stereocenters. The average Bonchev–Trinajstić information content (AvgIpc) is 2.91. The van der Waals surface area contributed by atoms with Crippen LogP contribution < -0.4 is 15.0 Å². The number of nitrogens with one attached hydrogen (secondary N) is 1. The second kappa shape index (κ2) is 8.07. The van der Waals surface area contributed by atoms with E-state index >= 15 is 0 Å². The fourth-order valence-corrected chi connectivity index (χ4v) is 4.21. The van der Waals surface area contributed by atoms with Crippen molar-refractivity contribution in [3.8, 4) is 16.9 Å². The van der Waals surface area contributed by atoms with E-state index in [9.17, 15) is 4.79 Å². The van der Waals surface area contributed by atoms with E-state index in [1.165, 1.54) is 30.9 Å². The van der Waals surface area contributed by atoms with Crippen LogP contribution in [0.15, 0.2) is 42.5 Å². The molecule has 1 unspecified atom stereocenters. The molecule has 1 saturated heterocycles. The van der Waals surface area contributed by atoms with Crippen molar-refractivity contribution < 1.29 is 14.3 Å². The molecule has 146 valence electrons. The molecule has 0 aromatic heterocycles. The second-order valence-electron chi connectivity index (χ2n) is 7.24. The van der Waals surface area contributed by atoms with E-state index in [1.807, 2.05) is 12.1 Å². The standard InChI is InChI=1S/C23H26N2O3/c1-27-20-5-6-21(17(15-20)4-8-23(26)28-2)16-3-7-22-18(13-16)14-19-9-10-24-11-12-25(19)22/h3-8,13,15,19,24H,9-12,14H2,1-2H3/b8-4+. The van der Waals surface area contributed by atoms with Gasteiger partial charge in [0.15, 0.2) is 0 Å². The monoisotopic (exact) mass is 378 g/mol. The number of carbonyl (C=O) groups excluding carboxylic acids is 1. The summed E-state index contributed by atoms with van der Waals surface area (Å²) < 4.78 is 10.1. The summed E-state index contributed by atoms with van der Waals surface area (Å²) >= 11 is 0. The smallest absolute Gasteiger partial charge is 0.330 e. The summed E-state index contributed by atoms with van der Waals surface area (Å²) in [5, 5.41) is 3.49. The molecule has 5 heteroatoms. The fraction of sp³-hybridized carbons (Fsp3) is 0.348. The summed E-state index contributed by atoms with van der Waals surface area (Å²) in [6, 6.07) is 13.3. The van der Waals surface area contributed by atoms with Crippen molar-refractivity contribution in [2.45, 2.75) is 18.9 Å². The first-order valence-electron chi connectivity index (χ1n) is 9.74. The zero-order valence-corrected chi connectivity index (χ0v) is 16.4. The Morgan fingerprint density at radius 3 is 2.89 bits per heavy atom. The van der Waals surface area contributed by atoms with Crippen LogP contribution in [0.1, 0.15) is 17.5 Å². The van der Waals surface area contributed by atoms with E-state index < -0.39 is 0 Å². The Kier molecular flexibility index (Phi) is 5.35. The topological polar surface area (TPSA) is 50.8 Å². The van der Waals surface area contributed by atoms with Gasteiger partial charge in [0.1, 0.15) is 5.75 Å². The number of methoxy groups -OCH3 is 2. The maximum absolute atomic E-state index is 11.6. The normalized spacial score (nSPS) is 18.5. The Bertz CT molecular complexity index is 907. The summed E-state index contributed by atoms with van der Waals surface area (Å²) in [5.74, 6) is 0.388. The molecule has 0 saturated carbocycles. The van der Waals surface area contributed by atoms with Gasteiger partial charge in [-0.2, -0.15) is 0 Å². The van der Waals surface area contributed by atoms with E-state index in [2.05, 4.69) is 34.5 Å². The number of anilines is 1. The summed E-state index contributed by atoms with van der Waals surface area (Å²) in [7, 11) is 3.03. The van der Waals surface area contributed by atoms with Crippen LogP contribution >= 0.6 is 0 Å². The Hall–Kier alpha value is -2.79. The molecular weight excluding hydrogens is 352 g/mol. The van der Waals surface area contributed by atoms with Crippen LogP contribution in [-0.4, -0.2) is 45.9 Å². The van der Waals surface area contributed by atoms with Crippen molar-refractivity contribution in [3.63, 3.8) is 0 Å². The highest BCUT2D eigenvalue weighted by atomic mass is 16.5. The molecule has 2 heterocycles. The minimum absolute atomic E-state index is 0.371. The molecule has 2 aromatic carbocycles. The van der Waals surface area contributed by atoms with E-state index in [4.69, 9.17) is 9.47 Å². The van der Waals surface area contributed by atoms with Gasteiger partial charge < -0.3 is 19.7 Å². The molecule has 1 N–H and O–H groups in total. The largest absolute Gasteiger partial charge is 0.497 e. The first-order valence-corrected chi connectivity index (χ1v) is 9.74. The number of esters is 1. The number of rotatable bonds is 4. The highest BCUT2D eigenvalue weighted by Crippen LogP contribution is 2.38. The molecule has 1 fully saturated rings. The summed E-state index contributed by atoms with van der Waals surface area (Å²) in [4.78, 5) is 14.1. The first kappa shape index (κ1) is 18.6. The molecule has 0 aliphatic carbocycles. The minimum atomic E-state index is -0.371. The van der Waals surface area contributed by atoms with Gasteiger partial charge in [-0.25, -0.2) is 4.79 Å². The average molecular weight is 378 g/mol. The van der Waals surface area contributed by atoms with Crippen molar-refractivity contribution in [3.05, 3.63) is 53.6 Å². The SMILES string of the molecule is COC(=O)/C=C/c1cc(OC)ccc1-c1ccc2c(c1)CC1CCNCCN21. The van der Waals surface area contributed by atoms with Gasteiger partial charge in [0.25, 0.3) is 0 Å². The van der Waals surface area contributed by atoms with Crippen LogP contribution in [0.5, 0.6) is 5.75 Å². The molecule has 2 aliphatic heterocycles. The minimum Gasteiger partial charge on any atom is -0.497 e. The Labute approximate surface area is 165 Å². The molecule has 2 aromatic rings. The van der Waals surface area contributed by atoms with E-state index in [0.29, 0.717) is 6.04 Å². The Balaban J connectivity index is 1.70. The number of benzene rings is 2. The highest BCUT2D eigenvalue weighted by molar-refractivity contribution is 5.89. The number of nitrogens with zero attached hydrogens (tertiary/aromatic N) is 1. The number of hydrogen-bond acceptors (Lipinski definition) is 5. The molecule has 5 nitrogen and oxygen atoms in total. The lowest BCUT2D eigenvalue weighted by molar-refractivity contribution is -0.134. The highest BCUT2D eigenvalue weighted by Gasteiger charge is 2.30. The number of hydrogen-bond donors (Lipinski definition) is 1. The van der Waals surface area contributed by atoms with Crippen LogP contribution in [0.2, 0.25) is 0 Å². The molecule has 0 bridgehead atoms. The zero-order chi connectivity index (χ0) is 19.5. The Morgan fingerprint density at radius 2 is 2.07 bits per heavy atom. The molecular formula is C23H26N2O3. The predicted octanol–water partition coefficient (Wildman–Crippen LogP) is 3.27. The van der Waals surface area contributed by atoms with Crippen molar-refractivity contribution >= 4 is 17.7 Å². The van der Waals surface area contributed by atoms with Gasteiger partial charge in [0.2, 0.25) is 0 Å². The molecule has 2 aliphatic rings. The van der Waals surface area contributed by atoms with Crippen molar-refractivity contribution in [1.29, 1.82) is 0 Å². The van der Waals surface area contributed by atoms with Crippen LogP contribution in [0, 0.1) is 0 Å². The van der Waals surface area contributed by atoms with Gasteiger partial charge in [-0.15, -0.1) is 0 Å². The number of carbonyl (C=O) groups is 1. The van der Waals surface area contributed by atoms with E-state index in [-0.39, 0.29) is 5.97 Å². The van der Waals surface area contributed by atoms with Gasteiger partial charge in [0, 0.05) is 30.9 Å². The zero-order valence-electron chi connectivity index (χ0n) is 16.4. The third-order valence-corrected chi connectivity index (χ3v) is 5.64. The van der Waals surface area contributed by atoms with E-state index in [1.54, 1.807) is 13.2 Å². The third kappa shape index (κ3) is 3.62. The van der Waals surface area contributed by atoms with Gasteiger partial charge in [-0.1, -0.05) is 12.1 Å². The van der Waals surface area contributed by atoms with Gasteiger partial charge >= 0.3 is 5.97 Å². The maximum atomic E-state index is 11.6. The van der Waals surface area contributed by atoms with Crippen LogP contribution in [0.3, 0.4) is 0 Å². The molecule has 28 heavy (non-hydrogen) atoms. The van der Waals surface area contributed by atoms with Crippen molar-refractivity contribution in [2.24, 2.45) is 0 Å². The van der Waals surface area contributed by atoms with Crippen LogP contribution in [0.25, 0.3) is 17.2 Å². The summed E-state index contributed by atoms with van der Waals surface area (Å²) in [5.41, 5.74) is 5.93. The molecule has 0 spiro atoms. The first-order chi connectivity index (χ1) is 13.7. The van der Waals surface area contributed by atoms with Crippen molar-refractivity contribution in [1.82, 2.24) is 5.32 Å². The second-order valence-corrected chi connectivity index (χ2v) is 7.24. The number of fused-ring (bicyclic) bond motifs is 3. The fourth-order valence-electron chi connectivity index (χ4n) is 4.21. The maximum Gasteiger partial charge on any atom is 0.330 e. The van der Waals surface area contributed by atoms with Crippen LogP contribution in [-0.2, 0) is 16.0 Å². The summed E-state index contributed by atoms with van der Waals surface area (Å²) in [6.45, 7) is 3.19. The van der Waals surface area contributed by atoms with Gasteiger partial charge in [-0.3, -0.25) is 0 Å². The Morgan fingerprint density at radius 1 is 1.18 bits per heavy atom. The summed E-state index contributed by atoms with van der Waals surface area (Å²) in [6.07, 6.45) is 5.51. The lowest BCUT2D eigenvalue weighted by atomic mass is 9.96. The molecule has 4 rings (SSSR count). The van der Waals surface area contributed by atoms with Crippen molar-refractivity contribution in [2.75, 3.05) is 38.8 Å². The third-order valence-electron chi connectivity index (χ3n) is 5.64. The van der Waals surface area contributed by atoms with Gasteiger partial charge in [0.05, 0.1) is 14.2 Å². The number of ether oxygens (including phenoxy) is 2. The lowest BCUT2D eigenvalue weighted by Gasteiger charge is -2.24. The lowest BCUT2D eigenvalue weighted by Crippen LogP contribution is -2.32. The van der Waals surface area contributed by atoms with Crippen LogP contribution in [0.4, 0.5) is 5.69 Å². The molecule has 0 radical (unpaired) electrons. The predicted molar refractivity (Wildman–Crippen MR) is 112 cm³/mol. The molecule has 0 amide bonds.